The fraction of sp³-hybridized carbons (Fsp3) is 0.682. The third-order valence-corrected chi connectivity index (χ3v) is 5.34. The molecule has 0 aromatic heterocycles. The number of hydrogen-bond donors (Lipinski definition) is 3. The number of unbranched alkanes of at least 4 members (excludes halogenated alkanes) is 1. The summed E-state index contributed by atoms with van der Waals surface area (Å²) in [5.41, 5.74) is -0.791. The first-order valence-electron chi connectivity index (χ1n) is 9.97. The molecule has 0 amide bonds. The van der Waals surface area contributed by atoms with Crippen LogP contribution in [0.5, 0.6) is 0 Å². The smallest absolute Gasteiger partial charge is 0.305 e. The molecule has 1 rings (SSSR count). The van der Waals surface area contributed by atoms with Crippen LogP contribution in [0.2, 0.25) is 0 Å². The van der Waals surface area contributed by atoms with E-state index in [1.807, 2.05) is 6.08 Å². The van der Waals surface area contributed by atoms with Crippen molar-refractivity contribution in [3.05, 3.63) is 37.0 Å². The highest BCUT2D eigenvalue weighted by Crippen LogP contribution is 2.35. The minimum Gasteiger partial charge on any atom is -0.481 e. The van der Waals surface area contributed by atoms with Crippen LogP contribution >= 0.6 is 0 Å². The van der Waals surface area contributed by atoms with Gasteiger partial charge in [-0.25, -0.2) is 0 Å². The molecule has 1 aliphatic rings. The van der Waals surface area contributed by atoms with Gasteiger partial charge in [-0.2, -0.15) is 0 Å². The zero-order valence-electron chi connectivity index (χ0n) is 16.1. The van der Waals surface area contributed by atoms with Crippen LogP contribution in [0.4, 0.5) is 0 Å². The molecule has 148 valence electrons. The van der Waals surface area contributed by atoms with Crippen molar-refractivity contribution in [1.82, 2.24) is 0 Å². The second-order valence-electron chi connectivity index (χ2n) is 7.59. The largest absolute Gasteiger partial charge is 0.481 e. The number of carboxylic acid groups (broad SMARTS) is 1. The van der Waals surface area contributed by atoms with Crippen molar-refractivity contribution in [2.75, 3.05) is 0 Å². The second-order valence-corrected chi connectivity index (χ2v) is 7.59. The quantitative estimate of drug-likeness (QED) is 0.416. The summed E-state index contributed by atoms with van der Waals surface area (Å²) in [7, 11) is 0. The minimum atomic E-state index is -0.967. The normalized spacial score (nSPS) is 24.1. The highest BCUT2D eigenvalue weighted by molar-refractivity contribution is 5.67. The lowest BCUT2D eigenvalue weighted by atomic mass is 9.89. The minimum absolute atomic E-state index is 0.205. The average molecular weight is 365 g/mol. The van der Waals surface area contributed by atoms with Crippen molar-refractivity contribution in [3.8, 4) is 0 Å². The molecule has 0 radical (unpaired) electrons. The van der Waals surface area contributed by atoms with E-state index in [4.69, 9.17) is 5.11 Å². The maximum Gasteiger partial charge on any atom is 0.305 e. The summed E-state index contributed by atoms with van der Waals surface area (Å²) >= 11 is 0. The van der Waals surface area contributed by atoms with Crippen molar-refractivity contribution in [2.45, 2.75) is 82.8 Å². The van der Waals surface area contributed by atoms with Crippen molar-refractivity contribution in [3.63, 3.8) is 0 Å². The topological polar surface area (TPSA) is 77.8 Å². The number of hydrogen-bond acceptors (Lipinski definition) is 3. The first kappa shape index (κ1) is 22.7. The van der Waals surface area contributed by atoms with E-state index in [0.717, 1.165) is 25.7 Å². The average Bonchev–Trinajstić information content (AvgIpc) is 3.03. The van der Waals surface area contributed by atoms with E-state index in [-0.39, 0.29) is 6.42 Å². The Morgan fingerprint density at radius 1 is 1.31 bits per heavy atom. The van der Waals surface area contributed by atoms with E-state index in [0.29, 0.717) is 24.7 Å². The van der Waals surface area contributed by atoms with E-state index >= 15 is 0 Å². The SMILES string of the molecule is C=CC(O)(CC=C[C@H]1CCC[C@@H]1CC=CCC(O)CC(=O)O)CCCC. The van der Waals surface area contributed by atoms with Crippen LogP contribution in [0.25, 0.3) is 0 Å². The predicted octanol–water partition coefficient (Wildman–Crippen LogP) is 4.63. The molecule has 4 heteroatoms. The van der Waals surface area contributed by atoms with Crippen molar-refractivity contribution in [2.24, 2.45) is 11.8 Å². The summed E-state index contributed by atoms with van der Waals surface area (Å²) in [6.45, 7) is 5.90. The van der Waals surface area contributed by atoms with Gasteiger partial charge in [-0.3, -0.25) is 4.79 Å². The van der Waals surface area contributed by atoms with E-state index < -0.39 is 17.7 Å². The zero-order valence-corrected chi connectivity index (χ0v) is 16.1. The molecule has 3 N–H and O–H groups in total. The lowest BCUT2D eigenvalue weighted by Crippen LogP contribution is -2.24. The van der Waals surface area contributed by atoms with Gasteiger partial charge in [0, 0.05) is 0 Å². The van der Waals surface area contributed by atoms with Gasteiger partial charge in [-0.1, -0.05) is 56.6 Å². The predicted molar refractivity (Wildman–Crippen MR) is 106 cm³/mol. The summed E-state index contributed by atoms with van der Waals surface area (Å²) in [5.74, 6) is 0.153. The molecule has 4 nitrogen and oxygen atoms in total. The zero-order chi connectivity index (χ0) is 19.4. The number of rotatable bonds is 13. The van der Waals surface area contributed by atoms with Gasteiger partial charge in [0.2, 0.25) is 0 Å². The number of allylic oxidation sites excluding steroid dienone is 2. The van der Waals surface area contributed by atoms with Gasteiger partial charge in [0.1, 0.15) is 0 Å². The van der Waals surface area contributed by atoms with Crippen LogP contribution in [0, 0.1) is 11.8 Å². The molecule has 0 saturated heterocycles. The Labute approximate surface area is 158 Å². The van der Waals surface area contributed by atoms with Crippen LogP contribution < -0.4 is 0 Å². The number of aliphatic hydroxyl groups is 2. The molecule has 0 spiro atoms. The number of carbonyl (C=O) groups is 1. The van der Waals surface area contributed by atoms with Crippen LogP contribution in [0.1, 0.15) is 71.1 Å². The maximum atomic E-state index is 10.5. The van der Waals surface area contributed by atoms with E-state index in [1.54, 1.807) is 6.08 Å². The highest BCUT2D eigenvalue weighted by Gasteiger charge is 2.25. The van der Waals surface area contributed by atoms with E-state index in [1.165, 1.54) is 19.3 Å². The molecule has 2 unspecified atom stereocenters. The van der Waals surface area contributed by atoms with Crippen LogP contribution in [0.15, 0.2) is 37.0 Å². The van der Waals surface area contributed by atoms with Gasteiger partial charge in [0.05, 0.1) is 18.1 Å². The molecule has 0 aliphatic heterocycles. The molecule has 1 aliphatic carbocycles. The van der Waals surface area contributed by atoms with E-state index in [9.17, 15) is 15.0 Å². The van der Waals surface area contributed by atoms with Crippen LogP contribution in [-0.4, -0.2) is 33.0 Å². The fourth-order valence-corrected chi connectivity index (χ4v) is 3.64. The maximum absolute atomic E-state index is 10.5. The lowest BCUT2D eigenvalue weighted by molar-refractivity contribution is -0.139. The Kier molecular flexibility index (Phi) is 10.5. The van der Waals surface area contributed by atoms with Gasteiger partial charge in [0.25, 0.3) is 0 Å². The number of aliphatic hydroxyl groups excluding tert-OH is 1. The van der Waals surface area contributed by atoms with Crippen molar-refractivity contribution in [1.29, 1.82) is 0 Å². The third kappa shape index (κ3) is 8.81. The lowest BCUT2D eigenvalue weighted by Gasteiger charge is -2.23. The molecule has 26 heavy (non-hydrogen) atoms. The Bertz CT molecular complexity index is 483. The Morgan fingerprint density at radius 2 is 2.08 bits per heavy atom. The van der Waals surface area contributed by atoms with Gasteiger partial charge in [0.15, 0.2) is 0 Å². The summed E-state index contributed by atoms with van der Waals surface area (Å²) in [6, 6.07) is 0. The van der Waals surface area contributed by atoms with Gasteiger partial charge in [-0.05, 0) is 50.4 Å². The Morgan fingerprint density at radius 3 is 2.73 bits per heavy atom. The van der Waals surface area contributed by atoms with Crippen LogP contribution in [0.3, 0.4) is 0 Å². The molecule has 0 bridgehead atoms. The number of aliphatic carboxylic acids is 1. The van der Waals surface area contributed by atoms with Crippen LogP contribution in [-0.2, 0) is 4.79 Å². The van der Waals surface area contributed by atoms with Crippen molar-refractivity contribution < 1.29 is 20.1 Å². The molecular formula is C22H36O4. The summed E-state index contributed by atoms with van der Waals surface area (Å²) in [4.78, 5) is 10.5. The molecular weight excluding hydrogens is 328 g/mol. The van der Waals surface area contributed by atoms with Gasteiger partial charge >= 0.3 is 5.97 Å². The highest BCUT2D eigenvalue weighted by atomic mass is 16.4. The second kappa shape index (κ2) is 12.1. The summed E-state index contributed by atoms with van der Waals surface area (Å²) in [5, 5.41) is 28.7. The molecule has 0 aromatic carbocycles. The molecule has 1 saturated carbocycles. The molecule has 1 fully saturated rings. The van der Waals surface area contributed by atoms with Gasteiger partial charge in [-0.15, -0.1) is 6.58 Å². The third-order valence-electron chi connectivity index (χ3n) is 5.34. The molecule has 0 aromatic rings. The summed E-state index contributed by atoms with van der Waals surface area (Å²) in [6.07, 6.45) is 17.4. The van der Waals surface area contributed by atoms with Gasteiger partial charge < -0.3 is 15.3 Å². The van der Waals surface area contributed by atoms with E-state index in [2.05, 4.69) is 31.7 Å². The molecule has 0 heterocycles. The summed E-state index contributed by atoms with van der Waals surface area (Å²) < 4.78 is 0. The monoisotopic (exact) mass is 364 g/mol. The first-order valence-corrected chi connectivity index (χ1v) is 9.97. The fourth-order valence-electron chi connectivity index (χ4n) is 3.64. The Balaban J connectivity index is 2.42. The Hall–Kier alpha value is -1.39. The molecule has 4 atom stereocenters. The first-order chi connectivity index (χ1) is 12.4. The standard InChI is InChI=1S/C22H36O4/c1-3-5-15-22(26,4-2)16-9-13-19-12-8-11-18(19)10-6-7-14-20(23)17-21(24)25/h4,6-7,9,13,18-20,23,26H,2-3,5,8,10-12,14-17H2,1H3,(H,24,25)/t18-,19+,20?,22?/m0/s1. The number of carboxylic acids is 1. The van der Waals surface area contributed by atoms with Crippen molar-refractivity contribution >= 4 is 5.97 Å².